The van der Waals surface area contributed by atoms with Crippen molar-refractivity contribution in [1.82, 2.24) is 0 Å². The monoisotopic (exact) mass is 295 g/mol. The SMILES string of the molecule is COc1cc([C@H](N)CC2CC2)cc(C(F)(F)F)c1.Cl. The Hall–Kier alpha value is -0.940. The van der Waals surface area contributed by atoms with Gasteiger partial charge in [-0.15, -0.1) is 12.4 Å². The molecule has 108 valence electrons. The number of rotatable bonds is 4. The van der Waals surface area contributed by atoms with Crippen LogP contribution >= 0.6 is 12.4 Å². The van der Waals surface area contributed by atoms with Crippen LogP contribution in [-0.4, -0.2) is 7.11 Å². The Bertz CT molecular complexity index is 432. The van der Waals surface area contributed by atoms with Crippen molar-refractivity contribution >= 4 is 12.4 Å². The topological polar surface area (TPSA) is 35.2 Å². The molecule has 0 saturated heterocycles. The van der Waals surface area contributed by atoms with Gasteiger partial charge < -0.3 is 10.5 Å². The molecular formula is C13H17ClF3NO. The summed E-state index contributed by atoms with van der Waals surface area (Å²) in [5.41, 5.74) is 5.74. The van der Waals surface area contributed by atoms with Crippen molar-refractivity contribution in [3.63, 3.8) is 0 Å². The van der Waals surface area contributed by atoms with Crippen molar-refractivity contribution in [3.8, 4) is 5.75 Å². The Morgan fingerprint density at radius 2 is 1.95 bits per heavy atom. The third-order valence-electron chi connectivity index (χ3n) is 3.20. The van der Waals surface area contributed by atoms with Crippen molar-refractivity contribution < 1.29 is 17.9 Å². The third-order valence-corrected chi connectivity index (χ3v) is 3.20. The molecule has 0 unspecified atom stereocenters. The molecule has 1 aromatic carbocycles. The summed E-state index contributed by atoms with van der Waals surface area (Å²) in [7, 11) is 1.35. The number of alkyl halides is 3. The van der Waals surface area contributed by atoms with E-state index in [9.17, 15) is 13.2 Å². The molecule has 0 amide bonds. The Morgan fingerprint density at radius 3 is 2.42 bits per heavy atom. The van der Waals surface area contributed by atoms with Gasteiger partial charge in [0.2, 0.25) is 0 Å². The van der Waals surface area contributed by atoms with Crippen LogP contribution in [0.25, 0.3) is 0 Å². The normalized spacial score (nSPS) is 16.7. The summed E-state index contributed by atoms with van der Waals surface area (Å²) >= 11 is 0. The number of ether oxygens (including phenoxy) is 1. The largest absolute Gasteiger partial charge is 0.497 e. The first-order valence-corrected chi connectivity index (χ1v) is 5.92. The highest BCUT2D eigenvalue weighted by Crippen LogP contribution is 2.39. The molecule has 0 aromatic heterocycles. The maximum atomic E-state index is 12.7. The average Bonchev–Trinajstić information content (AvgIpc) is 3.11. The predicted octanol–water partition coefficient (Wildman–Crippen LogP) is 3.94. The van der Waals surface area contributed by atoms with Gasteiger partial charge in [0.1, 0.15) is 5.75 Å². The molecule has 2 N–H and O–H groups in total. The smallest absolute Gasteiger partial charge is 0.416 e. The molecule has 0 aliphatic heterocycles. The predicted molar refractivity (Wildman–Crippen MR) is 69.5 cm³/mol. The second kappa shape index (κ2) is 6.01. The van der Waals surface area contributed by atoms with Crippen molar-refractivity contribution in [1.29, 1.82) is 0 Å². The molecule has 1 aliphatic carbocycles. The molecule has 1 atom stereocenters. The van der Waals surface area contributed by atoms with Crippen LogP contribution in [-0.2, 0) is 6.18 Å². The lowest BCUT2D eigenvalue weighted by atomic mass is 9.99. The molecular weight excluding hydrogens is 279 g/mol. The summed E-state index contributed by atoms with van der Waals surface area (Å²) in [6.07, 6.45) is -1.37. The fourth-order valence-electron chi connectivity index (χ4n) is 1.97. The van der Waals surface area contributed by atoms with Crippen molar-refractivity contribution in [2.75, 3.05) is 7.11 Å². The first kappa shape index (κ1) is 16.1. The van der Waals surface area contributed by atoms with Crippen LogP contribution in [0.4, 0.5) is 13.2 Å². The van der Waals surface area contributed by atoms with Crippen LogP contribution in [0.2, 0.25) is 0 Å². The third kappa shape index (κ3) is 4.28. The van der Waals surface area contributed by atoms with Gasteiger partial charge in [-0.25, -0.2) is 0 Å². The lowest BCUT2D eigenvalue weighted by Gasteiger charge is -2.16. The molecule has 1 fully saturated rings. The Kier molecular flexibility index (Phi) is 5.10. The second-order valence-corrected chi connectivity index (χ2v) is 4.78. The van der Waals surface area contributed by atoms with Gasteiger partial charge in [0.25, 0.3) is 0 Å². The fraction of sp³-hybridized carbons (Fsp3) is 0.538. The minimum atomic E-state index is -4.37. The van der Waals surface area contributed by atoms with Crippen LogP contribution in [0.5, 0.6) is 5.75 Å². The van der Waals surface area contributed by atoms with Gasteiger partial charge in [0, 0.05) is 6.04 Å². The van der Waals surface area contributed by atoms with Crippen molar-refractivity contribution in [2.24, 2.45) is 11.7 Å². The van der Waals surface area contributed by atoms with E-state index >= 15 is 0 Å². The summed E-state index contributed by atoms with van der Waals surface area (Å²) in [4.78, 5) is 0. The van der Waals surface area contributed by atoms with E-state index in [0.717, 1.165) is 31.4 Å². The zero-order valence-corrected chi connectivity index (χ0v) is 11.4. The summed E-state index contributed by atoms with van der Waals surface area (Å²) in [5, 5.41) is 0. The molecule has 2 nitrogen and oxygen atoms in total. The van der Waals surface area contributed by atoms with E-state index in [1.165, 1.54) is 7.11 Å². The minimum absolute atomic E-state index is 0. The molecule has 1 aliphatic rings. The first-order valence-electron chi connectivity index (χ1n) is 5.92. The van der Waals surface area contributed by atoms with E-state index in [1.54, 1.807) is 6.07 Å². The Labute approximate surface area is 116 Å². The van der Waals surface area contributed by atoms with E-state index in [4.69, 9.17) is 10.5 Å². The van der Waals surface area contributed by atoms with Gasteiger partial charge in [-0.3, -0.25) is 0 Å². The molecule has 2 rings (SSSR count). The summed E-state index contributed by atoms with van der Waals surface area (Å²) in [5.74, 6) is 0.770. The van der Waals surface area contributed by atoms with Crippen LogP contribution in [0, 0.1) is 5.92 Å². The average molecular weight is 296 g/mol. The highest BCUT2D eigenvalue weighted by molar-refractivity contribution is 5.85. The first-order chi connectivity index (χ1) is 8.40. The highest BCUT2D eigenvalue weighted by atomic mass is 35.5. The Balaban J connectivity index is 0.00000180. The van der Waals surface area contributed by atoms with E-state index in [1.807, 2.05) is 0 Å². The zero-order valence-electron chi connectivity index (χ0n) is 10.5. The number of hydrogen-bond acceptors (Lipinski definition) is 2. The Morgan fingerprint density at radius 1 is 1.32 bits per heavy atom. The highest BCUT2D eigenvalue weighted by Gasteiger charge is 2.32. The molecule has 19 heavy (non-hydrogen) atoms. The van der Waals surface area contributed by atoms with Crippen LogP contribution in [0.15, 0.2) is 18.2 Å². The van der Waals surface area contributed by atoms with Crippen LogP contribution < -0.4 is 10.5 Å². The van der Waals surface area contributed by atoms with E-state index in [0.29, 0.717) is 11.5 Å². The summed E-state index contributed by atoms with van der Waals surface area (Å²) in [6.45, 7) is 0. The van der Waals surface area contributed by atoms with Crippen LogP contribution in [0.3, 0.4) is 0 Å². The van der Waals surface area contributed by atoms with E-state index in [2.05, 4.69) is 0 Å². The van der Waals surface area contributed by atoms with Gasteiger partial charge in [-0.05, 0) is 36.1 Å². The molecule has 0 heterocycles. The zero-order chi connectivity index (χ0) is 13.3. The number of halogens is 4. The molecule has 1 saturated carbocycles. The lowest BCUT2D eigenvalue weighted by molar-refractivity contribution is -0.137. The van der Waals surface area contributed by atoms with Gasteiger partial charge in [0.15, 0.2) is 0 Å². The number of hydrogen-bond donors (Lipinski definition) is 1. The van der Waals surface area contributed by atoms with Gasteiger partial charge >= 0.3 is 6.18 Å². The fourth-order valence-corrected chi connectivity index (χ4v) is 1.97. The molecule has 0 spiro atoms. The van der Waals surface area contributed by atoms with Crippen molar-refractivity contribution in [3.05, 3.63) is 29.3 Å². The molecule has 0 radical (unpaired) electrons. The molecule has 1 aromatic rings. The van der Waals surface area contributed by atoms with Gasteiger partial charge in [0.05, 0.1) is 12.7 Å². The summed E-state index contributed by atoms with van der Waals surface area (Å²) in [6, 6.07) is 3.35. The molecule has 6 heteroatoms. The van der Waals surface area contributed by atoms with E-state index in [-0.39, 0.29) is 24.2 Å². The van der Waals surface area contributed by atoms with Crippen molar-refractivity contribution in [2.45, 2.75) is 31.5 Å². The van der Waals surface area contributed by atoms with Gasteiger partial charge in [-0.2, -0.15) is 13.2 Å². The molecule has 0 bridgehead atoms. The number of benzene rings is 1. The quantitative estimate of drug-likeness (QED) is 0.913. The van der Waals surface area contributed by atoms with Gasteiger partial charge in [-0.1, -0.05) is 12.8 Å². The maximum Gasteiger partial charge on any atom is 0.416 e. The van der Waals surface area contributed by atoms with E-state index < -0.39 is 11.7 Å². The second-order valence-electron chi connectivity index (χ2n) is 4.78. The standard InChI is InChI=1S/C13H16F3NO.ClH/c1-18-11-6-9(12(17)4-8-2-3-8)5-10(7-11)13(14,15)16;/h5-8,12H,2-4,17H2,1H3;1H/t12-;/m1./s1. The number of nitrogens with two attached hydrogens (primary N) is 1. The maximum absolute atomic E-state index is 12.7. The minimum Gasteiger partial charge on any atom is -0.497 e. The summed E-state index contributed by atoms with van der Waals surface area (Å²) < 4.78 is 43.1. The lowest BCUT2D eigenvalue weighted by Crippen LogP contribution is -2.13. The number of methoxy groups -OCH3 is 1. The van der Waals surface area contributed by atoms with Crippen LogP contribution in [0.1, 0.15) is 36.4 Å².